The van der Waals surface area contributed by atoms with E-state index in [4.69, 9.17) is 12.2 Å². The van der Waals surface area contributed by atoms with Crippen LogP contribution in [0.25, 0.3) is 0 Å². The molecule has 29 heavy (non-hydrogen) atoms. The molecular formula is C18H19FN6O3S. The number of benzene rings is 1. The molecule has 1 unspecified atom stereocenters. The zero-order valence-electron chi connectivity index (χ0n) is 15.6. The Labute approximate surface area is 170 Å². The number of hydrogen-bond acceptors (Lipinski definition) is 5. The number of rotatable bonds is 6. The van der Waals surface area contributed by atoms with Crippen LogP contribution >= 0.6 is 12.2 Å². The second-order valence-corrected chi connectivity index (χ2v) is 7.66. The van der Waals surface area contributed by atoms with Gasteiger partial charge in [0.2, 0.25) is 5.91 Å². The van der Waals surface area contributed by atoms with E-state index >= 15 is 0 Å². The van der Waals surface area contributed by atoms with Gasteiger partial charge in [-0.15, -0.1) is 0 Å². The van der Waals surface area contributed by atoms with Gasteiger partial charge in [0.1, 0.15) is 17.9 Å². The molecule has 2 heterocycles. The Morgan fingerprint density at radius 1 is 1.34 bits per heavy atom. The lowest BCUT2D eigenvalue weighted by Crippen LogP contribution is -2.43. The summed E-state index contributed by atoms with van der Waals surface area (Å²) in [6.45, 7) is 1.21. The van der Waals surface area contributed by atoms with Gasteiger partial charge >= 0.3 is 6.03 Å². The van der Waals surface area contributed by atoms with Crippen LogP contribution in [0.2, 0.25) is 0 Å². The van der Waals surface area contributed by atoms with Gasteiger partial charge in [0, 0.05) is 6.04 Å². The van der Waals surface area contributed by atoms with Gasteiger partial charge in [0.05, 0.1) is 6.54 Å². The molecule has 4 rings (SSSR count). The van der Waals surface area contributed by atoms with Crippen LogP contribution in [0.4, 0.5) is 9.18 Å². The van der Waals surface area contributed by atoms with Gasteiger partial charge in [0.25, 0.3) is 5.91 Å². The Morgan fingerprint density at radius 2 is 2.03 bits per heavy atom. The molecule has 3 N–H and O–H groups in total. The minimum Gasteiger partial charge on any atom is -0.347 e. The number of H-pyrrole nitrogens is 1. The van der Waals surface area contributed by atoms with Crippen LogP contribution in [0.1, 0.15) is 37.2 Å². The molecule has 2 fully saturated rings. The van der Waals surface area contributed by atoms with Gasteiger partial charge in [-0.3, -0.25) is 24.2 Å². The summed E-state index contributed by atoms with van der Waals surface area (Å²) in [7, 11) is 0. The zero-order valence-corrected chi connectivity index (χ0v) is 16.4. The van der Waals surface area contributed by atoms with Crippen LogP contribution in [0.3, 0.4) is 0 Å². The molecule has 152 valence electrons. The first-order chi connectivity index (χ1) is 13.8. The molecule has 1 aromatic heterocycles. The molecule has 11 heteroatoms. The molecule has 1 aliphatic carbocycles. The fourth-order valence-corrected chi connectivity index (χ4v) is 3.67. The summed E-state index contributed by atoms with van der Waals surface area (Å²) < 4.78 is 15.5. The summed E-state index contributed by atoms with van der Waals surface area (Å²) in [4.78, 5) is 38.3. The van der Waals surface area contributed by atoms with E-state index in [1.807, 2.05) is 4.57 Å². The minimum absolute atomic E-state index is 0.126. The lowest BCUT2D eigenvalue weighted by Gasteiger charge is -2.22. The zero-order chi connectivity index (χ0) is 20.8. The lowest BCUT2D eigenvalue weighted by atomic mass is 9.92. The fourth-order valence-electron chi connectivity index (χ4n) is 3.37. The number of hydrogen-bond donors (Lipinski definition) is 3. The molecule has 2 aliphatic rings. The maximum atomic E-state index is 13.2. The smallest absolute Gasteiger partial charge is 0.325 e. The molecule has 4 amide bonds. The third-order valence-corrected chi connectivity index (χ3v) is 5.42. The summed E-state index contributed by atoms with van der Waals surface area (Å²) in [6.07, 6.45) is 2.03. The third kappa shape index (κ3) is 3.53. The number of imide groups is 1. The van der Waals surface area contributed by atoms with Crippen molar-refractivity contribution in [3.05, 3.63) is 46.2 Å². The van der Waals surface area contributed by atoms with E-state index in [1.165, 1.54) is 31.2 Å². The summed E-state index contributed by atoms with van der Waals surface area (Å²) in [5.41, 5.74) is -0.931. The number of carbonyl (C=O) groups excluding carboxylic acids is 3. The SMILES string of the molecule is CC1(c2ccc(F)cc2)NC(=O)N(CC(=O)NCc2n[nH]c(=S)n2C2CC2)C1=O. The summed E-state index contributed by atoms with van der Waals surface area (Å²) in [5, 5.41) is 12.1. The number of carbonyl (C=O) groups is 3. The Morgan fingerprint density at radius 3 is 2.69 bits per heavy atom. The van der Waals surface area contributed by atoms with Crippen LogP contribution in [-0.4, -0.2) is 44.1 Å². The van der Waals surface area contributed by atoms with Gasteiger partial charge in [0.15, 0.2) is 10.6 Å². The summed E-state index contributed by atoms with van der Waals surface area (Å²) in [6, 6.07) is 4.90. The van der Waals surface area contributed by atoms with Gasteiger partial charge in [-0.1, -0.05) is 12.1 Å². The van der Waals surface area contributed by atoms with E-state index in [9.17, 15) is 18.8 Å². The molecule has 1 aliphatic heterocycles. The molecule has 1 aromatic carbocycles. The number of halogens is 1. The van der Waals surface area contributed by atoms with Gasteiger partial charge in [-0.2, -0.15) is 5.10 Å². The second-order valence-electron chi connectivity index (χ2n) is 7.28. The number of nitrogens with zero attached hydrogens (tertiary/aromatic N) is 3. The van der Waals surface area contributed by atoms with Crippen LogP contribution in [0.5, 0.6) is 0 Å². The van der Waals surface area contributed by atoms with Crippen molar-refractivity contribution < 1.29 is 18.8 Å². The predicted octanol–water partition coefficient (Wildman–Crippen LogP) is 1.50. The number of aromatic nitrogens is 3. The molecule has 0 radical (unpaired) electrons. The highest BCUT2D eigenvalue weighted by molar-refractivity contribution is 7.71. The van der Waals surface area contributed by atoms with Crippen molar-refractivity contribution in [3.63, 3.8) is 0 Å². The van der Waals surface area contributed by atoms with Crippen LogP contribution < -0.4 is 10.6 Å². The van der Waals surface area contributed by atoms with Crippen LogP contribution in [0, 0.1) is 10.6 Å². The number of amides is 4. The fraction of sp³-hybridized carbons (Fsp3) is 0.389. The topological polar surface area (TPSA) is 112 Å². The van der Waals surface area contributed by atoms with E-state index in [-0.39, 0.29) is 6.54 Å². The van der Waals surface area contributed by atoms with Gasteiger partial charge < -0.3 is 10.6 Å². The van der Waals surface area contributed by atoms with Crippen molar-refractivity contribution in [2.45, 2.75) is 37.9 Å². The summed E-state index contributed by atoms with van der Waals surface area (Å²) in [5.74, 6) is -0.938. The van der Waals surface area contributed by atoms with E-state index < -0.39 is 35.7 Å². The quantitative estimate of drug-likeness (QED) is 0.486. The Bertz CT molecular complexity index is 1040. The Kier molecular flexibility index (Phi) is 4.69. The lowest BCUT2D eigenvalue weighted by molar-refractivity contribution is -0.134. The van der Waals surface area contributed by atoms with Crippen LogP contribution in [-0.2, 0) is 21.7 Å². The highest BCUT2D eigenvalue weighted by Crippen LogP contribution is 2.35. The van der Waals surface area contributed by atoms with Gasteiger partial charge in [-0.25, -0.2) is 9.18 Å². The van der Waals surface area contributed by atoms with Crippen molar-refractivity contribution >= 4 is 30.1 Å². The highest BCUT2D eigenvalue weighted by atomic mass is 32.1. The number of urea groups is 1. The third-order valence-electron chi connectivity index (χ3n) is 5.13. The average molecular weight is 418 g/mol. The average Bonchev–Trinajstić information content (AvgIpc) is 3.41. The molecule has 1 atom stereocenters. The monoisotopic (exact) mass is 418 g/mol. The van der Waals surface area contributed by atoms with Crippen molar-refractivity contribution in [2.75, 3.05) is 6.54 Å². The first-order valence-electron chi connectivity index (χ1n) is 9.12. The molecular weight excluding hydrogens is 399 g/mol. The van der Waals surface area contributed by atoms with Crippen molar-refractivity contribution in [1.82, 2.24) is 30.3 Å². The maximum Gasteiger partial charge on any atom is 0.325 e. The largest absolute Gasteiger partial charge is 0.347 e. The van der Waals surface area contributed by atoms with E-state index in [1.54, 1.807) is 0 Å². The Balaban J connectivity index is 1.42. The number of nitrogens with one attached hydrogen (secondary N) is 3. The van der Waals surface area contributed by atoms with Gasteiger partial charge in [-0.05, 0) is 49.7 Å². The van der Waals surface area contributed by atoms with E-state index in [0.717, 1.165) is 17.7 Å². The first-order valence-corrected chi connectivity index (χ1v) is 9.53. The van der Waals surface area contributed by atoms with E-state index in [2.05, 4.69) is 20.8 Å². The molecule has 9 nitrogen and oxygen atoms in total. The normalized spacial score (nSPS) is 21.4. The predicted molar refractivity (Wildman–Crippen MR) is 102 cm³/mol. The standard InChI is InChI=1S/C18H19FN6O3S/c1-18(10-2-4-11(19)5-3-10)15(27)24(16(28)21-18)9-14(26)20-8-13-22-23-17(29)25(13)12-6-7-12/h2-5,12H,6-9H2,1H3,(H,20,26)(H,21,28)(H,23,29). The maximum absolute atomic E-state index is 13.2. The second kappa shape index (κ2) is 7.07. The minimum atomic E-state index is -1.36. The summed E-state index contributed by atoms with van der Waals surface area (Å²) >= 11 is 5.20. The van der Waals surface area contributed by atoms with E-state index in [0.29, 0.717) is 22.2 Å². The molecule has 2 aromatic rings. The molecule has 0 bridgehead atoms. The number of aromatic amines is 1. The molecule has 1 saturated heterocycles. The Hall–Kier alpha value is -3.08. The molecule has 1 saturated carbocycles. The first kappa shape index (κ1) is 19.2. The van der Waals surface area contributed by atoms with Crippen LogP contribution in [0.15, 0.2) is 24.3 Å². The van der Waals surface area contributed by atoms with Crippen molar-refractivity contribution in [3.8, 4) is 0 Å². The van der Waals surface area contributed by atoms with Crippen molar-refractivity contribution in [2.24, 2.45) is 0 Å². The highest BCUT2D eigenvalue weighted by Gasteiger charge is 2.49. The molecule has 0 spiro atoms. The van der Waals surface area contributed by atoms with Crippen molar-refractivity contribution in [1.29, 1.82) is 0 Å².